The molecule has 0 unspecified atom stereocenters. The summed E-state index contributed by atoms with van der Waals surface area (Å²) in [5, 5.41) is 0. The lowest BCUT2D eigenvalue weighted by Crippen LogP contribution is -2.27. The maximum Gasteiger partial charge on any atom is 0.264 e. The van der Waals surface area contributed by atoms with Gasteiger partial charge in [-0.25, -0.2) is 12.8 Å². The van der Waals surface area contributed by atoms with E-state index in [9.17, 15) is 12.8 Å². The molecule has 0 aliphatic heterocycles. The summed E-state index contributed by atoms with van der Waals surface area (Å²) in [6.45, 7) is 1.95. The summed E-state index contributed by atoms with van der Waals surface area (Å²) in [5.74, 6) is -0.698. The molecule has 0 saturated carbocycles. The standard InChI is InChI=1S/C16H18FNO3S/c1-4-12-7-5-6-8-15(12)18(2)22(19,20)13-9-10-16(21-3)14(17)11-13/h5-11H,4H2,1-3H3. The maximum absolute atomic E-state index is 13.8. The number of anilines is 1. The topological polar surface area (TPSA) is 46.6 Å². The van der Waals surface area contributed by atoms with Crippen molar-refractivity contribution in [1.29, 1.82) is 0 Å². The first-order chi connectivity index (χ1) is 10.4. The van der Waals surface area contributed by atoms with Crippen LogP contribution in [-0.4, -0.2) is 22.6 Å². The summed E-state index contributed by atoms with van der Waals surface area (Å²) in [6.07, 6.45) is 0.701. The third-order valence-corrected chi connectivity index (χ3v) is 5.26. The molecule has 0 heterocycles. The number of ether oxygens (including phenoxy) is 1. The highest BCUT2D eigenvalue weighted by Crippen LogP contribution is 2.28. The van der Waals surface area contributed by atoms with Crippen LogP contribution in [0.15, 0.2) is 47.4 Å². The molecule has 2 aromatic carbocycles. The zero-order valence-electron chi connectivity index (χ0n) is 12.7. The van der Waals surface area contributed by atoms with E-state index in [4.69, 9.17) is 4.74 Å². The molecule has 0 fully saturated rings. The Hall–Kier alpha value is -2.08. The second-order valence-electron chi connectivity index (χ2n) is 4.75. The predicted molar refractivity (Wildman–Crippen MR) is 84.4 cm³/mol. The van der Waals surface area contributed by atoms with E-state index in [0.717, 1.165) is 11.6 Å². The van der Waals surface area contributed by atoms with Crippen LogP contribution in [0.25, 0.3) is 0 Å². The number of hydrogen-bond acceptors (Lipinski definition) is 3. The number of halogens is 1. The highest BCUT2D eigenvalue weighted by molar-refractivity contribution is 7.92. The van der Waals surface area contributed by atoms with Gasteiger partial charge in [0.25, 0.3) is 10.0 Å². The van der Waals surface area contributed by atoms with Crippen molar-refractivity contribution in [3.05, 3.63) is 53.8 Å². The molecule has 0 aromatic heterocycles. The molecule has 0 saturated heterocycles. The SMILES string of the molecule is CCc1ccccc1N(C)S(=O)(=O)c1ccc(OC)c(F)c1. The van der Waals surface area contributed by atoms with Crippen LogP contribution < -0.4 is 9.04 Å². The molecule has 0 spiro atoms. The first kappa shape index (κ1) is 16.3. The Labute approximate surface area is 130 Å². The zero-order valence-corrected chi connectivity index (χ0v) is 13.5. The van der Waals surface area contributed by atoms with Crippen molar-refractivity contribution < 1.29 is 17.5 Å². The van der Waals surface area contributed by atoms with E-state index in [1.165, 1.54) is 30.6 Å². The van der Waals surface area contributed by atoms with Crippen LogP contribution in [0.2, 0.25) is 0 Å². The first-order valence-electron chi connectivity index (χ1n) is 6.82. The Morgan fingerprint density at radius 1 is 1.18 bits per heavy atom. The average Bonchev–Trinajstić information content (AvgIpc) is 2.53. The number of methoxy groups -OCH3 is 1. The third-order valence-electron chi connectivity index (χ3n) is 3.49. The van der Waals surface area contributed by atoms with E-state index < -0.39 is 15.8 Å². The van der Waals surface area contributed by atoms with Crippen molar-refractivity contribution in [2.45, 2.75) is 18.2 Å². The Morgan fingerprint density at radius 2 is 1.86 bits per heavy atom. The minimum absolute atomic E-state index is 0.00978. The molecule has 0 aliphatic rings. The van der Waals surface area contributed by atoms with Crippen LogP contribution in [0, 0.1) is 5.82 Å². The Bertz CT molecular complexity index is 775. The molecule has 0 aliphatic carbocycles. The smallest absolute Gasteiger partial charge is 0.264 e. The molecule has 0 amide bonds. The fourth-order valence-electron chi connectivity index (χ4n) is 2.21. The summed E-state index contributed by atoms with van der Waals surface area (Å²) in [4.78, 5) is -0.112. The van der Waals surface area contributed by atoms with E-state index in [-0.39, 0.29) is 10.6 Å². The van der Waals surface area contributed by atoms with Gasteiger partial charge in [-0.1, -0.05) is 25.1 Å². The summed E-state index contributed by atoms with van der Waals surface area (Å²) < 4.78 is 45.1. The summed E-state index contributed by atoms with van der Waals surface area (Å²) in [7, 11) is -1.04. The van der Waals surface area contributed by atoms with Crippen LogP contribution in [0.5, 0.6) is 5.75 Å². The Morgan fingerprint density at radius 3 is 2.45 bits per heavy atom. The monoisotopic (exact) mass is 323 g/mol. The molecule has 22 heavy (non-hydrogen) atoms. The molecule has 2 rings (SSSR count). The normalized spacial score (nSPS) is 11.3. The fourth-order valence-corrected chi connectivity index (χ4v) is 3.46. The van der Waals surface area contributed by atoms with Gasteiger partial charge in [0.2, 0.25) is 0 Å². The lowest BCUT2D eigenvalue weighted by Gasteiger charge is -2.22. The third kappa shape index (κ3) is 2.92. The molecule has 118 valence electrons. The van der Waals surface area contributed by atoms with Gasteiger partial charge in [0.15, 0.2) is 11.6 Å². The molecule has 0 N–H and O–H groups in total. The van der Waals surface area contributed by atoms with Crippen molar-refractivity contribution >= 4 is 15.7 Å². The number of benzene rings is 2. The molecular formula is C16H18FNO3S. The molecule has 0 bridgehead atoms. The Kier molecular flexibility index (Phi) is 4.71. The van der Waals surface area contributed by atoms with Gasteiger partial charge < -0.3 is 4.74 Å². The van der Waals surface area contributed by atoms with Crippen molar-refractivity contribution in [2.24, 2.45) is 0 Å². The van der Waals surface area contributed by atoms with Crippen LogP contribution >= 0.6 is 0 Å². The largest absolute Gasteiger partial charge is 0.494 e. The van der Waals surface area contributed by atoms with Crippen LogP contribution in [0.1, 0.15) is 12.5 Å². The fraction of sp³-hybridized carbons (Fsp3) is 0.250. The highest BCUT2D eigenvalue weighted by Gasteiger charge is 2.24. The van der Waals surface area contributed by atoms with Crippen LogP contribution in [-0.2, 0) is 16.4 Å². The second kappa shape index (κ2) is 6.36. The van der Waals surface area contributed by atoms with Gasteiger partial charge in [0.1, 0.15) is 0 Å². The number of hydrogen-bond donors (Lipinski definition) is 0. The van der Waals surface area contributed by atoms with Gasteiger partial charge in [-0.3, -0.25) is 4.31 Å². The lowest BCUT2D eigenvalue weighted by atomic mass is 10.1. The van der Waals surface area contributed by atoms with E-state index in [1.807, 2.05) is 19.1 Å². The number of sulfonamides is 1. The van der Waals surface area contributed by atoms with Crippen molar-refractivity contribution in [3.63, 3.8) is 0 Å². The number of nitrogens with zero attached hydrogens (tertiary/aromatic N) is 1. The molecule has 2 aromatic rings. The number of aryl methyl sites for hydroxylation is 1. The summed E-state index contributed by atoms with van der Waals surface area (Å²) in [6, 6.07) is 10.8. The molecular weight excluding hydrogens is 305 g/mol. The predicted octanol–water partition coefficient (Wildman–Crippen LogP) is 3.22. The minimum atomic E-state index is -3.83. The summed E-state index contributed by atoms with van der Waals surface area (Å²) >= 11 is 0. The maximum atomic E-state index is 13.8. The quantitative estimate of drug-likeness (QED) is 0.849. The minimum Gasteiger partial charge on any atom is -0.494 e. The van der Waals surface area contributed by atoms with Gasteiger partial charge in [-0.15, -0.1) is 0 Å². The first-order valence-corrected chi connectivity index (χ1v) is 8.26. The highest BCUT2D eigenvalue weighted by atomic mass is 32.2. The van der Waals surface area contributed by atoms with Gasteiger partial charge >= 0.3 is 0 Å². The van der Waals surface area contributed by atoms with E-state index in [2.05, 4.69) is 0 Å². The number of para-hydroxylation sites is 1. The van der Waals surface area contributed by atoms with Crippen LogP contribution in [0.3, 0.4) is 0 Å². The van der Waals surface area contributed by atoms with Crippen molar-refractivity contribution in [3.8, 4) is 5.75 Å². The summed E-state index contributed by atoms with van der Waals surface area (Å²) in [5.41, 5.74) is 1.49. The van der Waals surface area contributed by atoms with E-state index in [1.54, 1.807) is 12.1 Å². The van der Waals surface area contributed by atoms with Gasteiger partial charge in [-0.2, -0.15) is 0 Å². The average molecular weight is 323 g/mol. The van der Waals surface area contributed by atoms with E-state index >= 15 is 0 Å². The van der Waals surface area contributed by atoms with Crippen molar-refractivity contribution in [1.82, 2.24) is 0 Å². The van der Waals surface area contributed by atoms with Crippen LogP contribution in [0.4, 0.5) is 10.1 Å². The number of rotatable bonds is 5. The molecule has 4 nitrogen and oxygen atoms in total. The van der Waals surface area contributed by atoms with Gasteiger partial charge in [0, 0.05) is 7.05 Å². The second-order valence-corrected chi connectivity index (χ2v) is 6.72. The molecule has 0 atom stereocenters. The Balaban J connectivity index is 2.47. The van der Waals surface area contributed by atoms with Crippen molar-refractivity contribution in [2.75, 3.05) is 18.5 Å². The molecule has 0 radical (unpaired) electrons. The van der Waals surface area contributed by atoms with E-state index in [0.29, 0.717) is 12.1 Å². The zero-order chi connectivity index (χ0) is 16.3. The van der Waals surface area contributed by atoms with Gasteiger partial charge in [-0.05, 0) is 36.2 Å². The van der Waals surface area contributed by atoms with Gasteiger partial charge in [0.05, 0.1) is 17.7 Å². The molecule has 6 heteroatoms. The lowest BCUT2D eigenvalue weighted by molar-refractivity contribution is 0.385.